The average molecular weight is 1000 g/mol. The topological polar surface area (TPSA) is 381 Å². The standard InChI is InChI=1S/C37H48N7O18P3S/c1-37(2,32(49)35(50)40-15-14-27(46)39-16-17-66-28(47)13-12-25(45)24-10-8-23(9-11-24)22-6-4-3-5-7-22)19-59-65(56,57)62-64(54,55)58-18-26-31(61-63(51,52)53)30(48)36(60-26)44-21-43-29-33(38)41-20-42-34(29)44/h3-11,20-21,26,30-32,36,48-49H,12-19H2,1-2H3,(H,39,46)(H,40,50)(H,54,55)(H,56,57)(H2,38,41,42)(H2,51,52,53). The Morgan fingerprint density at radius 1 is 0.894 bits per heavy atom. The lowest BCUT2D eigenvalue weighted by Gasteiger charge is -2.30. The second kappa shape index (κ2) is 22.6. The van der Waals surface area contributed by atoms with E-state index in [9.17, 15) is 62.7 Å². The zero-order chi connectivity index (χ0) is 48.5. The maximum absolute atomic E-state index is 12.7. The van der Waals surface area contributed by atoms with Gasteiger partial charge in [0.1, 0.15) is 36.3 Å². The molecule has 66 heavy (non-hydrogen) atoms. The van der Waals surface area contributed by atoms with E-state index in [0.29, 0.717) is 5.56 Å². The monoisotopic (exact) mass is 1000 g/mol. The summed E-state index contributed by atoms with van der Waals surface area (Å²) in [4.78, 5) is 101. The summed E-state index contributed by atoms with van der Waals surface area (Å²) in [6.07, 6.45) is -7.02. The number of phosphoric acid groups is 3. The van der Waals surface area contributed by atoms with Gasteiger partial charge in [-0.05, 0) is 11.1 Å². The van der Waals surface area contributed by atoms with E-state index in [1.165, 1.54) is 13.8 Å². The number of hydrogen-bond donors (Lipinski definition) is 9. The van der Waals surface area contributed by atoms with Gasteiger partial charge in [0.05, 0.1) is 19.5 Å². The number of Topliss-reactive ketones (excluding diaryl/α,β-unsaturated/α-hetero) is 1. The Balaban J connectivity index is 0.990. The number of phosphoric ester groups is 3. The summed E-state index contributed by atoms with van der Waals surface area (Å²) < 4.78 is 62.3. The minimum atomic E-state index is -5.60. The number of carbonyl (C=O) groups excluding carboxylic acids is 4. The van der Waals surface area contributed by atoms with E-state index in [1.54, 1.807) is 12.1 Å². The highest BCUT2D eigenvalue weighted by molar-refractivity contribution is 8.13. The van der Waals surface area contributed by atoms with Crippen LogP contribution in [0.3, 0.4) is 0 Å². The maximum Gasteiger partial charge on any atom is 0.481 e. The Morgan fingerprint density at radius 2 is 1.56 bits per heavy atom. The molecule has 25 nitrogen and oxygen atoms in total. The van der Waals surface area contributed by atoms with Crippen LogP contribution in [0.1, 0.15) is 49.7 Å². The Labute approximate surface area is 380 Å². The molecule has 4 aromatic rings. The molecule has 1 aliphatic rings. The number of imidazole rings is 1. The number of nitrogens with zero attached hydrogens (tertiary/aromatic N) is 4. The van der Waals surface area contributed by atoms with Gasteiger partial charge in [-0.3, -0.25) is 37.3 Å². The van der Waals surface area contributed by atoms with E-state index in [0.717, 1.165) is 40.1 Å². The number of thioether (sulfide) groups is 1. The highest BCUT2D eigenvalue weighted by atomic mass is 32.2. The third-order valence-electron chi connectivity index (χ3n) is 9.64. The number of amides is 2. The van der Waals surface area contributed by atoms with Gasteiger partial charge in [-0.2, -0.15) is 4.31 Å². The molecule has 29 heteroatoms. The van der Waals surface area contributed by atoms with Gasteiger partial charge in [0.2, 0.25) is 11.8 Å². The molecule has 2 aromatic carbocycles. The summed E-state index contributed by atoms with van der Waals surface area (Å²) in [6.45, 7) is 0.290. The van der Waals surface area contributed by atoms with Crippen molar-refractivity contribution >= 4 is 74.9 Å². The average Bonchev–Trinajstić information content (AvgIpc) is 3.82. The summed E-state index contributed by atoms with van der Waals surface area (Å²) in [7, 11) is -16.5. The number of hydrogen-bond acceptors (Lipinski definition) is 19. The number of aliphatic hydroxyl groups is 2. The second-order valence-corrected chi connectivity index (χ2v) is 20.5. The molecule has 5 rings (SSSR count). The fraction of sp³-hybridized carbons (Fsp3) is 0.432. The lowest BCUT2D eigenvalue weighted by atomic mass is 9.87. The molecule has 0 radical (unpaired) electrons. The zero-order valence-electron chi connectivity index (χ0n) is 35.1. The number of nitrogen functional groups attached to an aromatic ring is 1. The van der Waals surface area contributed by atoms with Crippen molar-refractivity contribution in [3.63, 3.8) is 0 Å². The molecule has 1 fully saturated rings. The number of benzene rings is 2. The largest absolute Gasteiger partial charge is 0.481 e. The number of fused-ring (bicyclic) bond motifs is 1. The van der Waals surface area contributed by atoms with Crippen molar-refractivity contribution in [2.24, 2.45) is 5.41 Å². The third-order valence-corrected chi connectivity index (χ3v) is 13.7. The second-order valence-electron chi connectivity index (χ2n) is 15.2. The van der Waals surface area contributed by atoms with Crippen LogP contribution in [-0.2, 0) is 50.7 Å². The van der Waals surface area contributed by atoms with Gasteiger partial charge in [0.25, 0.3) is 0 Å². The number of nitrogens with two attached hydrogens (primary N) is 1. The Morgan fingerprint density at radius 3 is 2.24 bits per heavy atom. The first kappa shape index (κ1) is 52.6. The van der Waals surface area contributed by atoms with E-state index in [2.05, 4.69) is 34.4 Å². The van der Waals surface area contributed by atoms with E-state index in [1.807, 2.05) is 42.5 Å². The molecule has 3 heterocycles. The molecule has 1 aliphatic heterocycles. The number of rotatable bonds is 24. The molecule has 1 saturated heterocycles. The summed E-state index contributed by atoms with van der Waals surface area (Å²) in [6, 6.07) is 16.8. The molecule has 10 N–H and O–H groups in total. The quantitative estimate of drug-likeness (QED) is 0.0275. The minimum absolute atomic E-state index is 0.0137. The molecule has 360 valence electrons. The van der Waals surface area contributed by atoms with E-state index < -0.39 is 84.6 Å². The molecule has 0 spiro atoms. The van der Waals surface area contributed by atoms with Crippen molar-refractivity contribution in [3.05, 3.63) is 72.8 Å². The van der Waals surface area contributed by atoms with Crippen LogP contribution in [0.5, 0.6) is 0 Å². The predicted octanol–water partition coefficient (Wildman–Crippen LogP) is 1.99. The predicted molar refractivity (Wildman–Crippen MR) is 233 cm³/mol. The van der Waals surface area contributed by atoms with Crippen molar-refractivity contribution < 1.29 is 85.3 Å². The minimum Gasteiger partial charge on any atom is -0.386 e. The highest BCUT2D eigenvalue weighted by Crippen LogP contribution is 2.61. The van der Waals surface area contributed by atoms with Gasteiger partial charge >= 0.3 is 23.5 Å². The molecule has 0 bridgehead atoms. The Kier molecular flexibility index (Phi) is 18.1. The first-order valence-electron chi connectivity index (χ1n) is 19.7. The molecular weight excluding hydrogens is 955 g/mol. The SMILES string of the molecule is CC(C)(COP(=O)(O)OP(=O)(O)OCC1OC(n2cnc3c(N)ncnc32)C(O)C1OP(=O)(O)O)C(O)C(=O)NCCC(=O)NCCSC(=O)CCC(=O)c1ccc(-c2ccccc2)cc1. The fourth-order valence-corrected chi connectivity index (χ4v) is 9.71. The van der Waals surface area contributed by atoms with Crippen molar-refractivity contribution in [1.82, 2.24) is 30.2 Å². The van der Waals surface area contributed by atoms with Crippen LogP contribution in [0, 0.1) is 5.41 Å². The van der Waals surface area contributed by atoms with Crippen LogP contribution < -0.4 is 16.4 Å². The normalized spacial score (nSPS) is 20.0. The maximum atomic E-state index is 12.7. The number of anilines is 1. The smallest absolute Gasteiger partial charge is 0.386 e. The molecular formula is C37H48N7O18P3S. The Hall–Kier alpha value is -4.33. The van der Waals surface area contributed by atoms with Crippen LogP contribution >= 0.6 is 35.2 Å². The van der Waals surface area contributed by atoms with Crippen LogP contribution in [0.2, 0.25) is 0 Å². The van der Waals surface area contributed by atoms with Gasteiger partial charge in [0.15, 0.2) is 28.6 Å². The third kappa shape index (κ3) is 15.1. The van der Waals surface area contributed by atoms with Crippen molar-refractivity contribution in [2.75, 3.05) is 37.8 Å². The van der Waals surface area contributed by atoms with Crippen molar-refractivity contribution in [1.29, 1.82) is 0 Å². The fourth-order valence-electron chi connectivity index (χ4n) is 6.21. The summed E-state index contributed by atoms with van der Waals surface area (Å²) in [5.41, 5.74) is 6.69. The number of ketones is 1. The molecule has 7 unspecified atom stereocenters. The molecule has 2 amide bonds. The number of nitrogens with one attached hydrogen (secondary N) is 2. The van der Waals surface area contributed by atoms with Crippen LogP contribution in [-0.4, -0.2) is 128 Å². The van der Waals surface area contributed by atoms with E-state index in [-0.39, 0.29) is 66.0 Å². The lowest BCUT2D eigenvalue weighted by molar-refractivity contribution is -0.137. The Bertz CT molecular complexity index is 2500. The van der Waals surface area contributed by atoms with E-state index in [4.69, 9.17) is 19.5 Å². The van der Waals surface area contributed by atoms with Gasteiger partial charge in [0, 0.05) is 49.1 Å². The molecule has 2 aromatic heterocycles. The number of aromatic nitrogens is 4. The van der Waals surface area contributed by atoms with Gasteiger partial charge < -0.3 is 50.9 Å². The van der Waals surface area contributed by atoms with Gasteiger partial charge in [-0.15, -0.1) is 0 Å². The van der Waals surface area contributed by atoms with Crippen molar-refractivity contribution in [2.45, 2.75) is 63.8 Å². The summed E-state index contributed by atoms with van der Waals surface area (Å²) in [5.74, 6) is -1.49. The number of aliphatic hydroxyl groups excluding tert-OH is 2. The first-order chi connectivity index (χ1) is 30.9. The molecule has 0 saturated carbocycles. The molecule has 0 aliphatic carbocycles. The molecule has 7 atom stereocenters. The highest BCUT2D eigenvalue weighted by Gasteiger charge is 2.50. The zero-order valence-corrected chi connectivity index (χ0v) is 38.6. The van der Waals surface area contributed by atoms with Crippen LogP contribution in [0.4, 0.5) is 5.82 Å². The number of carbonyl (C=O) groups is 4. The van der Waals surface area contributed by atoms with Crippen LogP contribution in [0.15, 0.2) is 67.3 Å². The van der Waals surface area contributed by atoms with Crippen LogP contribution in [0.25, 0.3) is 22.3 Å². The van der Waals surface area contributed by atoms with Crippen molar-refractivity contribution in [3.8, 4) is 11.1 Å². The summed E-state index contributed by atoms with van der Waals surface area (Å²) in [5, 5.41) is 26.2. The summed E-state index contributed by atoms with van der Waals surface area (Å²) >= 11 is 0.955. The van der Waals surface area contributed by atoms with Gasteiger partial charge in [-0.1, -0.05) is 80.2 Å². The lowest BCUT2D eigenvalue weighted by Crippen LogP contribution is -2.46. The van der Waals surface area contributed by atoms with E-state index >= 15 is 0 Å². The first-order valence-corrected chi connectivity index (χ1v) is 25.2. The number of ether oxygens (including phenoxy) is 1. The van der Waals surface area contributed by atoms with Gasteiger partial charge in [-0.25, -0.2) is 28.6 Å².